The SMILES string of the molecule is CN(C)C1CCCCC1N(C)C(=O)Cc1ccc(-c2ccccc2)cc1. The molecule has 1 saturated carbocycles. The summed E-state index contributed by atoms with van der Waals surface area (Å²) in [6.45, 7) is 0. The van der Waals surface area contributed by atoms with E-state index in [9.17, 15) is 4.79 Å². The molecule has 1 amide bonds. The summed E-state index contributed by atoms with van der Waals surface area (Å²) in [4.78, 5) is 17.1. The first kappa shape index (κ1) is 18.7. The lowest BCUT2D eigenvalue weighted by Crippen LogP contribution is -2.52. The van der Waals surface area contributed by atoms with E-state index in [1.807, 2.05) is 30.1 Å². The van der Waals surface area contributed by atoms with Gasteiger partial charge in [0.2, 0.25) is 5.91 Å². The summed E-state index contributed by atoms with van der Waals surface area (Å²) in [5, 5.41) is 0. The second kappa shape index (κ2) is 8.50. The van der Waals surface area contributed by atoms with Gasteiger partial charge in [0.25, 0.3) is 0 Å². The summed E-state index contributed by atoms with van der Waals surface area (Å²) >= 11 is 0. The Kier molecular flexibility index (Phi) is 6.10. The van der Waals surface area contributed by atoms with E-state index in [0.717, 1.165) is 12.0 Å². The summed E-state index contributed by atoms with van der Waals surface area (Å²) in [7, 11) is 6.24. The van der Waals surface area contributed by atoms with Gasteiger partial charge in [0, 0.05) is 19.1 Å². The molecule has 2 atom stereocenters. The van der Waals surface area contributed by atoms with Crippen LogP contribution in [0.2, 0.25) is 0 Å². The molecule has 1 fully saturated rings. The number of hydrogen-bond acceptors (Lipinski definition) is 2. The van der Waals surface area contributed by atoms with Gasteiger partial charge in [-0.2, -0.15) is 0 Å². The van der Waals surface area contributed by atoms with Gasteiger partial charge in [-0.1, -0.05) is 67.4 Å². The Morgan fingerprint density at radius 2 is 1.42 bits per heavy atom. The van der Waals surface area contributed by atoms with Crippen molar-refractivity contribution in [2.45, 2.75) is 44.2 Å². The Balaban J connectivity index is 1.65. The zero-order valence-electron chi connectivity index (χ0n) is 16.2. The van der Waals surface area contributed by atoms with Crippen molar-refractivity contribution in [3.05, 3.63) is 60.2 Å². The fourth-order valence-corrected chi connectivity index (χ4v) is 4.08. The molecular weight excluding hydrogens is 320 g/mol. The van der Waals surface area contributed by atoms with E-state index in [0.29, 0.717) is 18.5 Å². The summed E-state index contributed by atoms with van der Waals surface area (Å²) in [6, 6.07) is 19.5. The standard InChI is InChI=1S/C23H30N2O/c1-24(2)21-11-7-8-12-22(21)25(3)23(26)17-18-13-15-20(16-14-18)19-9-5-4-6-10-19/h4-6,9-10,13-16,21-22H,7-8,11-12,17H2,1-3H3. The maximum Gasteiger partial charge on any atom is 0.227 e. The number of rotatable bonds is 5. The van der Waals surface area contributed by atoms with Gasteiger partial charge in [-0.15, -0.1) is 0 Å². The van der Waals surface area contributed by atoms with Gasteiger partial charge < -0.3 is 9.80 Å². The average Bonchev–Trinajstić information content (AvgIpc) is 2.68. The van der Waals surface area contributed by atoms with Gasteiger partial charge in [0.1, 0.15) is 0 Å². The van der Waals surface area contributed by atoms with Crippen LogP contribution in [0.1, 0.15) is 31.2 Å². The van der Waals surface area contributed by atoms with E-state index < -0.39 is 0 Å². The fraction of sp³-hybridized carbons (Fsp3) is 0.435. The molecule has 1 aliphatic rings. The van der Waals surface area contributed by atoms with Gasteiger partial charge in [0.15, 0.2) is 0 Å². The molecule has 0 bridgehead atoms. The minimum Gasteiger partial charge on any atom is -0.341 e. The smallest absolute Gasteiger partial charge is 0.227 e. The minimum absolute atomic E-state index is 0.219. The van der Waals surface area contributed by atoms with Crippen molar-refractivity contribution in [1.29, 1.82) is 0 Å². The third-order valence-electron chi connectivity index (χ3n) is 5.66. The highest BCUT2D eigenvalue weighted by Crippen LogP contribution is 2.26. The zero-order chi connectivity index (χ0) is 18.5. The van der Waals surface area contributed by atoms with Crippen molar-refractivity contribution >= 4 is 5.91 Å². The summed E-state index contributed by atoms with van der Waals surface area (Å²) < 4.78 is 0. The molecule has 0 N–H and O–H groups in total. The van der Waals surface area contributed by atoms with E-state index in [-0.39, 0.29) is 5.91 Å². The van der Waals surface area contributed by atoms with E-state index in [1.54, 1.807) is 0 Å². The van der Waals surface area contributed by atoms with Gasteiger partial charge >= 0.3 is 0 Å². The van der Waals surface area contributed by atoms with Crippen LogP contribution in [0.25, 0.3) is 11.1 Å². The first-order valence-corrected chi connectivity index (χ1v) is 9.62. The Bertz CT molecular complexity index is 709. The van der Waals surface area contributed by atoms with Crippen molar-refractivity contribution in [2.24, 2.45) is 0 Å². The molecule has 0 saturated heterocycles. The lowest BCUT2D eigenvalue weighted by atomic mass is 9.88. The molecule has 138 valence electrons. The Hall–Kier alpha value is -2.13. The van der Waals surface area contributed by atoms with Crippen LogP contribution in [0.4, 0.5) is 0 Å². The molecule has 3 rings (SSSR count). The van der Waals surface area contributed by atoms with Gasteiger partial charge in [-0.3, -0.25) is 4.79 Å². The number of amides is 1. The van der Waals surface area contributed by atoms with Crippen molar-refractivity contribution in [3.8, 4) is 11.1 Å². The molecule has 0 aliphatic heterocycles. The highest BCUT2D eigenvalue weighted by molar-refractivity contribution is 5.79. The Labute approximate surface area is 157 Å². The molecule has 3 nitrogen and oxygen atoms in total. The molecule has 2 unspecified atom stereocenters. The molecule has 26 heavy (non-hydrogen) atoms. The van der Waals surface area contributed by atoms with E-state index in [4.69, 9.17) is 0 Å². The molecule has 0 spiro atoms. The fourth-order valence-electron chi connectivity index (χ4n) is 4.08. The molecule has 0 radical (unpaired) electrons. The molecular formula is C23H30N2O. The maximum atomic E-state index is 12.8. The molecule has 2 aromatic rings. The minimum atomic E-state index is 0.219. The quantitative estimate of drug-likeness (QED) is 0.806. The van der Waals surface area contributed by atoms with Crippen LogP contribution in [-0.4, -0.2) is 48.9 Å². The lowest BCUT2D eigenvalue weighted by molar-refractivity contribution is -0.133. The van der Waals surface area contributed by atoms with E-state index in [2.05, 4.69) is 55.4 Å². The van der Waals surface area contributed by atoms with Crippen molar-refractivity contribution in [1.82, 2.24) is 9.80 Å². The number of carbonyl (C=O) groups is 1. The van der Waals surface area contributed by atoms with Crippen molar-refractivity contribution in [3.63, 3.8) is 0 Å². The maximum absolute atomic E-state index is 12.8. The third kappa shape index (κ3) is 4.34. The van der Waals surface area contributed by atoms with E-state index in [1.165, 1.54) is 30.4 Å². The molecule has 0 aromatic heterocycles. The summed E-state index contributed by atoms with van der Waals surface area (Å²) in [6.07, 6.45) is 5.25. The van der Waals surface area contributed by atoms with Crippen LogP contribution in [0.15, 0.2) is 54.6 Å². The first-order valence-electron chi connectivity index (χ1n) is 9.62. The lowest BCUT2D eigenvalue weighted by Gasteiger charge is -2.41. The van der Waals surface area contributed by atoms with Crippen LogP contribution in [-0.2, 0) is 11.2 Å². The van der Waals surface area contributed by atoms with Crippen LogP contribution in [0.5, 0.6) is 0 Å². The van der Waals surface area contributed by atoms with Gasteiger partial charge in [-0.25, -0.2) is 0 Å². The zero-order valence-corrected chi connectivity index (χ0v) is 16.2. The van der Waals surface area contributed by atoms with Crippen LogP contribution < -0.4 is 0 Å². The largest absolute Gasteiger partial charge is 0.341 e. The average molecular weight is 351 g/mol. The Morgan fingerprint density at radius 3 is 2.04 bits per heavy atom. The second-order valence-corrected chi connectivity index (χ2v) is 7.63. The molecule has 3 heteroatoms. The third-order valence-corrected chi connectivity index (χ3v) is 5.66. The molecule has 0 heterocycles. The first-order chi connectivity index (χ1) is 12.6. The predicted octanol–water partition coefficient (Wildman–Crippen LogP) is 4.23. The monoisotopic (exact) mass is 350 g/mol. The Morgan fingerprint density at radius 1 is 0.846 bits per heavy atom. The molecule has 2 aromatic carbocycles. The van der Waals surface area contributed by atoms with Gasteiger partial charge in [-0.05, 0) is 43.6 Å². The highest BCUT2D eigenvalue weighted by atomic mass is 16.2. The predicted molar refractivity (Wildman–Crippen MR) is 108 cm³/mol. The molecule has 1 aliphatic carbocycles. The summed E-state index contributed by atoms with van der Waals surface area (Å²) in [5.41, 5.74) is 3.48. The van der Waals surface area contributed by atoms with Crippen LogP contribution in [0.3, 0.4) is 0 Å². The second-order valence-electron chi connectivity index (χ2n) is 7.63. The van der Waals surface area contributed by atoms with Crippen molar-refractivity contribution in [2.75, 3.05) is 21.1 Å². The number of carbonyl (C=O) groups excluding carboxylic acids is 1. The number of likely N-dealkylation sites (N-methyl/N-ethyl adjacent to an activating group) is 2. The van der Waals surface area contributed by atoms with Crippen LogP contribution in [0, 0.1) is 0 Å². The number of nitrogens with zero attached hydrogens (tertiary/aromatic N) is 2. The highest BCUT2D eigenvalue weighted by Gasteiger charge is 2.31. The van der Waals surface area contributed by atoms with Crippen molar-refractivity contribution < 1.29 is 4.79 Å². The number of hydrogen-bond donors (Lipinski definition) is 0. The van der Waals surface area contributed by atoms with Gasteiger partial charge in [0.05, 0.1) is 6.42 Å². The topological polar surface area (TPSA) is 23.6 Å². The summed E-state index contributed by atoms with van der Waals surface area (Å²) in [5.74, 6) is 0.219. The number of benzene rings is 2. The van der Waals surface area contributed by atoms with Crippen LogP contribution >= 0.6 is 0 Å². The normalized spacial score (nSPS) is 20.2. The van der Waals surface area contributed by atoms with E-state index >= 15 is 0 Å².